The monoisotopic (exact) mass is 458 g/mol. The molecule has 3 aromatic carbocycles. The molecule has 0 aliphatic heterocycles. The minimum absolute atomic E-state index is 0.152. The number of allylic oxidation sites excluding steroid dienone is 1. The Kier molecular flexibility index (Phi) is 6.64. The molecule has 0 saturated carbocycles. The molecule has 5 nitrogen and oxygen atoms in total. The minimum Gasteiger partial charge on any atom is -0.488 e. The normalized spacial score (nSPS) is 10.7. The highest BCUT2D eigenvalue weighted by Gasteiger charge is 2.09. The molecule has 0 aromatic heterocycles. The van der Waals surface area contributed by atoms with Crippen molar-refractivity contribution in [3.63, 3.8) is 0 Å². The summed E-state index contributed by atoms with van der Waals surface area (Å²) in [7, 11) is 0. The van der Waals surface area contributed by atoms with Crippen LogP contribution in [-0.2, 0) is 6.61 Å². The number of carboxylic acids is 1. The van der Waals surface area contributed by atoms with Gasteiger partial charge in [-0.15, -0.1) is 0 Å². The van der Waals surface area contributed by atoms with Gasteiger partial charge in [0.2, 0.25) is 0 Å². The second kappa shape index (κ2) is 9.56. The van der Waals surface area contributed by atoms with Crippen LogP contribution in [0, 0.1) is 22.7 Å². The molecule has 0 unspecified atom stereocenters. The molecule has 0 saturated heterocycles. The molecule has 0 heterocycles. The molecule has 0 aliphatic rings. The highest BCUT2D eigenvalue weighted by Crippen LogP contribution is 2.29. The van der Waals surface area contributed by atoms with Gasteiger partial charge in [-0.05, 0) is 48.0 Å². The summed E-state index contributed by atoms with van der Waals surface area (Å²) >= 11 is 3.43. The summed E-state index contributed by atoms with van der Waals surface area (Å²) in [4.78, 5) is 11.0. The third kappa shape index (κ3) is 4.94. The molecule has 0 aliphatic carbocycles. The molecule has 0 fully saturated rings. The Balaban J connectivity index is 1.93. The Morgan fingerprint density at radius 1 is 1.03 bits per heavy atom. The number of nitrogens with zero attached hydrogens (tertiary/aromatic N) is 2. The second-order valence-corrected chi connectivity index (χ2v) is 7.21. The number of hydrogen-bond donors (Lipinski definition) is 1. The third-order valence-corrected chi connectivity index (χ3v) is 4.85. The molecule has 30 heavy (non-hydrogen) atoms. The summed E-state index contributed by atoms with van der Waals surface area (Å²) in [6.45, 7) is 0.210. The maximum atomic E-state index is 11.0. The Morgan fingerprint density at radius 3 is 2.40 bits per heavy atom. The van der Waals surface area contributed by atoms with Crippen LogP contribution < -0.4 is 4.74 Å². The average molecular weight is 459 g/mol. The molecule has 3 rings (SSSR count). The van der Waals surface area contributed by atoms with E-state index >= 15 is 0 Å². The van der Waals surface area contributed by atoms with Gasteiger partial charge >= 0.3 is 5.97 Å². The van der Waals surface area contributed by atoms with Crippen LogP contribution in [0.4, 0.5) is 0 Å². The summed E-state index contributed by atoms with van der Waals surface area (Å²) < 4.78 is 6.77. The van der Waals surface area contributed by atoms with Crippen LogP contribution in [0.5, 0.6) is 5.75 Å². The van der Waals surface area contributed by atoms with Crippen molar-refractivity contribution in [3.8, 4) is 17.9 Å². The molecule has 146 valence electrons. The zero-order valence-electron chi connectivity index (χ0n) is 15.7. The molecule has 0 radical (unpaired) electrons. The first-order valence-electron chi connectivity index (χ1n) is 8.87. The number of hydrogen-bond acceptors (Lipinski definition) is 4. The number of benzene rings is 3. The molecule has 0 bridgehead atoms. The van der Waals surface area contributed by atoms with Gasteiger partial charge in [0.25, 0.3) is 0 Å². The van der Waals surface area contributed by atoms with Gasteiger partial charge in [0.15, 0.2) is 0 Å². The Hall–Kier alpha value is -3.87. The van der Waals surface area contributed by atoms with E-state index in [0.29, 0.717) is 28.0 Å². The topological polar surface area (TPSA) is 94.1 Å². The molecule has 1 N–H and O–H groups in total. The van der Waals surface area contributed by atoms with Gasteiger partial charge in [0, 0.05) is 15.6 Å². The van der Waals surface area contributed by atoms with Crippen LogP contribution in [0.25, 0.3) is 11.6 Å². The molecule has 0 amide bonds. The number of aromatic carboxylic acids is 1. The first kappa shape index (κ1) is 20.9. The van der Waals surface area contributed by atoms with E-state index in [1.54, 1.807) is 36.4 Å². The van der Waals surface area contributed by atoms with Gasteiger partial charge in [0.05, 0.1) is 28.8 Å². The van der Waals surface area contributed by atoms with E-state index in [9.17, 15) is 15.3 Å². The summed E-state index contributed by atoms with van der Waals surface area (Å²) in [5.74, 6) is -0.467. The molecule has 3 aromatic rings. The van der Waals surface area contributed by atoms with Crippen LogP contribution in [0.15, 0.2) is 71.2 Å². The highest BCUT2D eigenvalue weighted by atomic mass is 79.9. The smallest absolute Gasteiger partial charge is 0.335 e. The fraction of sp³-hybridized carbons (Fsp3) is 0.0417. The molecule has 6 heteroatoms. The number of nitriles is 2. The maximum absolute atomic E-state index is 11.0. The van der Waals surface area contributed by atoms with Gasteiger partial charge in [-0.3, -0.25) is 0 Å². The number of halogens is 1. The predicted octanol–water partition coefficient (Wildman–Crippen LogP) is 5.66. The van der Waals surface area contributed by atoms with Crippen molar-refractivity contribution < 1.29 is 14.6 Å². The quantitative estimate of drug-likeness (QED) is 0.379. The Bertz CT molecular complexity index is 1200. The minimum atomic E-state index is -1.02. The van der Waals surface area contributed by atoms with Crippen molar-refractivity contribution in [2.75, 3.05) is 0 Å². The standard InChI is InChI=1S/C24H15BrN2O3/c25-22-9-10-23(30-15-19-4-2-1-3-18(19)13-26)20(12-22)11-21(14-27)16-5-7-17(8-6-16)24(28)29/h1-12H,15H2,(H,28,29)/b21-11-. The highest BCUT2D eigenvalue weighted by molar-refractivity contribution is 9.10. The van der Waals surface area contributed by atoms with E-state index < -0.39 is 5.97 Å². The summed E-state index contributed by atoms with van der Waals surface area (Å²) in [5.41, 5.74) is 3.11. The van der Waals surface area contributed by atoms with Gasteiger partial charge in [-0.2, -0.15) is 10.5 Å². The number of carbonyl (C=O) groups is 1. The maximum Gasteiger partial charge on any atom is 0.335 e. The van der Waals surface area contributed by atoms with E-state index in [4.69, 9.17) is 9.84 Å². The van der Waals surface area contributed by atoms with Crippen LogP contribution in [0.2, 0.25) is 0 Å². The largest absolute Gasteiger partial charge is 0.488 e. The SMILES string of the molecule is N#C/C(=C/c1cc(Br)ccc1OCc1ccccc1C#N)c1ccc(C(=O)O)cc1. The van der Waals surface area contributed by atoms with Gasteiger partial charge in [-0.1, -0.05) is 46.3 Å². The number of ether oxygens (including phenoxy) is 1. The van der Waals surface area contributed by atoms with E-state index in [1.807, 2.05) is 24.3 Å². The van der Waals surface area contributed by atoms with E-state index in [1.165, 1.54) is 12.1 Å². The lowest BCUT2D eigenvalue weighted by Crippen LogP contribution is -1.99. The van der Waals surface area contributed by atoms with Crippen LogP contribution in [0.1, 0.15) is 32.6 Å². The van der Waals surface area contributed by atoms with Gasteiger partial charge < -0.3 is 9.84 Å². The lowest BCUT2D eigenvalue weighted by molar-refractivity contribution is 0.0697. The fourth-order valence-corrected chi connectivity index (χ4v) is 3.18. The Labute approximate surface area is 182 Å². The summed E-state index contributed by atoms with van der Waals surface area (Å²) in [6, 6.07) is 23.1. The predicted molar refractivity (Wildman–Crippen MR) is 117 cm³/mol. The molecular formula is C24H15BrN2O3. The van der Waals surface area contributed by atoms with Crippen molar-refractivity contribution in [1.82, 2.24) is 0 Å². The first-order chi connectivity index (χ1) is 14.5. The second-order valence-electron chi connectivity index (χ2n) is 6.29. The van der Waals surface area contributed by atoms with E-state index in [2.05, 4.69) is 28.1 Å². The third-order valence-electron chi connectivity index (χ3n) is 4.36. The van der Waals surface area contributed by atoms with Crippen LogP contribution >= 0.6 is 15.9 Å². The van der Waals surface area contributed by atoms with Crippen molar-refractivity contribution in [2.24, 2.45) is 0 Å². The number of rotatable bonds is 6. The first-order valence-corrected chi connectivity index (χ1v) is 9.67. The zero-order chi connectivity index (χ0) is 21.5. The van der Waals surface area contributed by atoms with Gasteiger partial charge in [-0.25, -0.2) is 4.79 Å². The van der Waals surface area contributed by atoms with Crippen LogP contribution in [0.3, 0.4) is 0 Å². The number of carboxylic acid groups (broad SMARTS) is 1. The summed E-state index contributed by atoms with van der Waals surface area (Å²) in [6.07, 6.45) is 1.69. The van der Waals surface area contributed by atoms with Crippen molar-refractivity contribution in [3.05, 3.63) is 99.0 Å². The lowest BCUT2D eigenvalue weighted by atomic mass is 10.0. The summed E-state index contributed by atoms with van der Waals surface area (Å²) in [5, 5.41) is 27.9. The van der Waals surface area contributed by atoms with Crippen molar-refractivity contribution in [2.45, 2.75) is 6.61 Å². The lowest BCUT2D eigenvalue weighted by Gasteiger charge is -2.11. The molecule has 0 spiro atoms. The van der Waals surface area contributed by atoms with Crippen molar-refractivity contribution >= 4 is 33.5 Å². The fourth-order valence-electron chi connectivity index (χ4n) is 2.80. The average Bonchev–Trinajstić information content (AvgIpc) is 2.77. The van der Waals surface area contributed by atoms with Crippen LogP contribution in [-0.4, -0.2) is 11.1 Å². The molecule has 0 atom stereocenters. The van der Waals surface area contributed by atoms with Crippen molar-refractivity contribution in [1.29, 1.82) is 10.5 Å². The van der Waals surface area contributed by atoms with E-state index in [0.717, 1.165) is 10.0 Å². The Morgan fingerprint density at radius 2 is 1.73 bits per heavy atom. The molecular weight excluding hydrogens is 444 g/mol. The van der Waals surface area contributed by atoms with Gasteiger partial charge in [0.1, 0.15) is 12.4 Å². The zero-order valence-corrected chi connectivity index (χ0v) is 17.3. The van der Waals surface area contributed by atoms with E-state index in [-0.39, 0.29) is 12.2 Å².